The second-order valence-corrected chi connectivity index (χ2v) is 6.42. The fourth-order valence-corrected chi connectivity index (χ4v) is 3.70. The monoisotopic (exact) mass is 406 g/mol. The van der Waals surface area contributed by atoms with E-state index in [-0.39, 0.29) is 16.7 Å². The molecule has 3 heterocycles. The largest absolute Gasteiger partial charge is 0.466 e. The van der Waals surface area contributed by atoms with Crippen molar-refractivity contribution in [3.8, 4) is 12.0 Å². The number of fused-ring (bicyclic) bond motifs is 1. The Morgan fingerprint density at radius 1 is 1.11 bits per heavy atom. The minimum Gasteiger partial charge on any atom is -0.466 e. The molecule has 0 bridgehead atoms. The van der Waals surface area contributed by atoms with E-state index < -0.39 is 6.17 Å². The Labute approximate surface area is 165 Å². The quantitative estimate of drug-likeness (QED) is 0.467. The van der Waals surface area contributed by atoms with Gasteiger partial charge in [-0.2, -0.15) is 4.84 Å². The number of methoxy groups -OCH3 is 2. The van der Waals surface area contributed by atoms with E-state index in [1.54, 1.807) is 7.11 Å². The summed E-state index contributed by atoms with van der Waals surface area (Å²) in [7, 11) is 4.55. The first kappa shape index (κ1) is 18.7. The molecule has 0 aliphatic carbocycles. The van der Waals surface area contributed by atoms with Crippen LogP contribution in [-0.4, -0.2) is 60.6 Å². The average Bonchev–Trinajstić information content (AvgIpc) is 3.08. The zero-order valence-corrected chi connectivity index (χ0v) is 16.5. The first-order valence-corrected chi connectivity index (χ1v) is 8.99. The van der Waals surface area contributed by atoms with E-state index in [1.165, 1.54) is 14.2 Å². The molecule has 10 nitrogen and oxygen atoms in total. The third-order valence-electron chi connectivity index (χ3n) is 4.75. The van der Waals surface area contributed by atoms with Crippen LogP contribution in [0.3, 0.4) is 0 Å². The maximum atomic E-state index is 5.99. The molecular weight excluding hydrogens is 386 g/mol. The Bertz CT molecular complexity index is 1030. The van der Waals surface area contributed by atoms with Crippen LogP contribution >= 0.6 is 12.2 Å². The molecule has 1 fully saturated rings. The van der Waals surface area contributed by atoms with Gasteiger partial charge in [-0.3, -0.25) is 0 Å². The van der Waals surface area contributed by atoms with Gasteiger partial charge in [-0.05, 0) is 24.4 Å². The van der Waals surface area contributed by atoms with Crippen LogP contribution in [0.1, 0.15) is 6.17 Å². The maximum absolute atomic E-state index is 5.99. The zero-order valence-electron chi connectivity index (χ0n) is 15.7. The summed E-state index contributed by atoms with van der Waals surface area (Å²) in [5.74, 6) is 0.326. The van der Waals surface area contributed by atoms with Crippen molar-refractivity contribution in [3.63, 3.8) is 0 Å². The van der Waals surface area contributed by atoms with Gasteiger partial charge in [0, 0.05) is 0 Å². The topological polar surface area (TPSA) is 93.7 Å². The number of quaternary nitrogens is 1. The van der Waals surface area contributed by atoms with Gasteiger partial charge in [0.2, 0.25) is 6.17 Å². The molecule has 0 N–H and O–H groups in total. The number of hydroxylamine groups is 2. The van der Waals surface area contributed by atoms with Crippen LogP contribution in [0.4, 0.5) is 5.95 Å². The second kappa shape index (κ2) is 7.43. The third kappa shape index (κ3) is 2.92. The molecule has 4 rings (SSSR count). The van der Waals surface area contributed by atoms with Gasteiger partial charge in [-0.15, -0.1) is 15.0 Å². The molecule has 11 heteroatoms. The van der Waals surface area contributed by atoms with E-state index >= 15 is 0 Å². The van der Waals surface area contributed by atoms with Gasteiger partial charge in [0.1, 0.15) is 13.2 Å². The lowest BCUT2D eigenvalue weighted by Gasteiger charge is -2.40. The summed E-state index contributed by atoms with van der Waals surface area (Å²) < 4.78 is 23.7. The standard InChI is InChI=1S/C17H20N5O5S/c1-23-15-18-14(19-16(20-15)24-2)22(25-3)8-9-26-10-13(22)21-11-6-4-5-7-12(11)27-17(21)28/h4-7,13H,8-10H2,1-3H3/q+1. The summed E-state index contributed by atoms with van der Waals surface area (Å²) in [5, 5.41) is 0. The van der Waals surface area contributed by atoms with Crippen LogP contribution in [0.15, 0.2) is 28.7 Å². The molecule has 28 heavy (non-hydrogen) atoms. The number of nitrogens with zero attached hydrogens (tertiary/aromatic N) is 5. The zero-order chi connectivity index (χ0) is 19.7. The van der Waals surface area contributed by atoms with Crippen LogP contribution < -0.4 is 14.1 Å². The van der Waals surface area contributed by atoms with Gasteiger partial charge in [0.05, 0.1) is 33.5 Å². The maximum Gasteiger partial charge on any atom is 0.373 e. The molecule has 2 atom stereocenters. The number of oxazole rings is 1. The minimum absolute atomic E-state index is 0.0902. The molecule has 1 aromatic carbocycles. The fourth-order valence-electron chi connectivity index (χ4n) is 3.39. The fraction of sp³-hybridized carbons (Fsp3) is 0.412. The molecule has 1 aliphatic rings. The van der Waals surface area contributed by atoms with Crippen molar-refractivity contribution in [1.82, 2.24) is 24.2 Å². The number of benzene rings is 1. The molecule has 2 aromatic heterocycles. The lowest BCUT2D eigenvalue weighted by molar-refractivity contribution is -0.220. The van der Waals surface area contributed by atoms with Crippen molar-refractivity contribution < 1.29 is 23.5 Å². The number of rotatable bonds is 5. The van der Waals surface area contributed by atoms with Crippen LogP contribution in [0.25, 0.3) is 11.1 Å². The lowest BCUT2D eigenvalue weighted by atomic mass is 10.3. The number of hydrogen-bond donors (Lipinski definition) is 0. The Morgan fingerprint density at radius 2 is 1.82 bits per heavy atom. The summed E-state index contributed by atoms with van der Waals surface area (Å²) in [6, 6.07) is 7.86. The van der Waals surface area contributed by atoms with Gasteiger partial charge in [0.15, 0.2) is 5.58 Å². The SMILES string of the molecule is COc1nc(OC)nc([N+]2(OC)CCOCC2n2c(=S)oc3ccccc32)n1. The Morgan fingerprint density at radius 3 is 2.50 bits per heavy atom. The highest BCUT2D eigenvalue weighted by Crippen LogP contribution is 2.36. The van der Waals surface area contributed by atoms with E-state index in [9.17, 15) is 0 Å². The van der Waals surface area contributed by atoms with Crippen molar-refractivity contribution in [3.05, 3.63) is 29.1 Å². The van der Waals surface area contributed by atoms with Gasteiger partial charge in [0.25, 0.3) is 4.84 Å². The number of aromatic nitrogens is 4. The van der Waals surface area contributed by atoms with Crippen molar-refractivity contribution >= 4 is 29.3 Å². The summed E-state index contributed by atoms with van der Waals surface area (Å²) in [6.45, 7) is 1.21. The molecule has 3 aromatic rings. The van der Waals surface area contributed by atoms with E-state index in [4.69, 9.17) is 35.7 Å². The van der Waals surface area contributed by atoms with Gasteiger partial charge < -0.3 is 18.6 Å². The van der Waals surface area contributed by atoms with Crippen molar-refractivity contribution in [2.24, 2.45) is 0 Å². The normalized spacial score (nSPS) is 22.3. The number of para-hydroxylation sites is 2. The predicted molar refractivity (Wildman–Crippen MR) is 101 cm³/mol. The minimum atomic E-state index is -0.424. The Hall–Kier alpha value is -2.60. The van der Waals surface area contributed by atoms with Gasteiger partial charge in [-0.25, -0.2) is 4.57 Å². The van der Waals surface area contributed by atoms with Crippen LogP contribution in [-0.2, 0) is 9.57 Å². The first-order chi connectivity index (χ1) is 13.6. The van der Waals surface area contributed by atoms with Crippen molar-refractivity contribution in [2.45, 2.75) is 6.17 Å². The highest BCUT2D eigenvalue weighted by Gasteiger charge is 2.50. The van der Waals surface area contributed by atoms with E-state index in [0.717, 1.165) is 5.52 Å². The average molecular weight is 406 g/mol. The molecule has 0 amide bonds. The van der Waals surface area contributed by atoms with E-state index in [0.29, 0.717) is 36.1 Å². The van der Waals surface area contributed by atoms with Gasteiger partial charge in [-0.1, -0.05) is 16.8 Å². The first-order valence-electron chi connectivity index (χ1n) is 8.59. The van der Waals surface area contributed by atoms with Crippen molar-refractivity contribution in [2.75, 3.05) is 41.1 Å². The second-order valence-electron chi connectivity index (χ2n) is 6.07. The highest BCUT2D eigenvalue weighted by molar-refractivity contribution is 7.71. The van der Waals surface area contributed by atoms with E-state index in [2.05, 4.69) is 15.0 Å². The predicted octanol–water partition coefficient (Wildman–Crippen LogP) is 2.26. The molecule has 1 aliphatic heterocycles. The smallest absolute Gasteiger partial charge is 0.373 e. The molecular formula is C17H20N5O5S+. The van der Waals surface area contributed by atoms with Crippen molar-refractivity contribution in [1.29, 1.82) is 0 Å². The summed E-state index contributed by atoms with van der Waals surface area (Å²) >= 11 is 5.50. The Kier molecular flexibility index (Phi) is 4.98. The molecule has 0 spiro atoms. The summed E-state index contributed by atoms with van der Waals surface area (Å²) in [4.78, 5) is 19.2. The highest BCUT2D eigenvalue weighted by atomic mass is 32.1. The molecule has 0 saturated carbocycles. The number of morpholine rings is 1. The van der Waals surface area contributed by atoms with E-state index in [1.807, 2.05) is 28.8 Å². The van der Waals surface area contributed by atoms with Crippen LogP contribution in [0.2, 0.25) is 0 Å². The third-order valence-corrected chi connectivity index (χ3v) is 5.03. The van der Waals surface area contributed by atoms with Gasteiger partial charge >= 0.3 is 18.0 Å². The molecule has 2 unspecified atom stereocenters. The van der Waals surface area contributed by atoms with Crippen LogP contribution in [0.5, 0.6) is 12.0 Å². The molecule has 1 saturated heterocycles. The lowest BCUT2D eigenvalue weighted by Crippen LogP contribution is -2.60. The number of hydrogen-bond acceptors (Lipinski definition) is 9. The number of ether oxygens (including phenoxy) is 3. The Balaban J connectivity index is 1.93. The summed E-state index contributed by atoms with van der Waals surface area (Å²) in [5.41, 5.74) is 1.51. The van der Waals surface area contributed by atoms with Crippen LogP contribution in [0, 0.1) is 4.84 Å². The molecule has 148 valence electrons. The summed E-state index contributed by atoms with van der Waals surface area (Å²) in [6.07, 6.45) is -0.424. The molecule has 0 radical (unpaired) electrons.